The number of hydrogen-bond acceptors (Lipinski definition) is 5. The summed E-state index contributed by atoms with van der Waals surface area (Å²) in [5, 5.41) is 2.76. The van der Waals surface area contributed by atoms with Crippen molar-refractivity contribution in [1.29, 1.82) is 0 Å². The second-order valence-electron chi connectivity index (χ2n) is 7.90. The highest BCUT2D eigenvalue weighted by Gasteiger charge is 2.24. The van der Waals surface area contributed by atoms with Crippen molar-refractivity contribution in [1.82, 2.24) is 14.9 Å². The summed E-state index contributed by atoms with van der Waals surface area (Å²) in [4.78, 5) is 30.7. The van der Waals surface area contributed by atoms with E-state index in [9.17, 15) is 14.0 Å². The zero-order valence-corrected chi connectivity index (χ0v) is 17.5. The predicted molar refractivity (Wildman–Crippen MR) is 116 cm³/mol. The maximum absolute atomic E-state index is 14.7. The van der Waals surface area contributed by atoms with Crippen molar-refractivity contribution >= 4 is 22.6 Å². The standard InChI is InChI=1S/C23H25FN4O3/c1-15-12-27(13-16(2)31-15)20-8-7-17(9-18(20)24)10-26-22(29)14-28-21-6-4-3-5-19(21)25-11-23(28)30/h3-9,11,15-16H,10,12-14H2,1-2H3,(H,26,29). The molecule has 162 valence electrons. The van der Waals surface area contributed by atoms with Gasteiger partial charge in [-0.05, 0) is 43.7 Å². The van der Waals surface area contributed by atoms with E-state index in [1.54, 1.807) is 30.3 Å². The maximum atomic E-state index is 14.7. The van der Waals surface area contributed by atoms with Gasteiger partial charge in [0, 0.05) is 19.6 Å². The number of para-hydroxylation sites is 2. The van der Waals surface area contributed by atoms with Crippen LogP contribution in [-0.2, 0) is 22.6 Å². The van der Waals surface area contributed by atoms with Gasteiger partial charge in [0.25, 0.3) is 5.56 Å². The van der Waals surface area contributed by atoms with E-state index in [0.717, 1.165) is 0 Å². The Labute approximate surface area is 179 Å². The van der Waals surface area contributed by atoms with Crippen LogP contribution in [0.4, 0.5) is 10.1 Å². The molecule has 2 atom stereocenters. The quantitative estimate of drug-likeness (QED) is 0.681. The van der Waals surface area contributed by atoms with Crippen molar-refractivity contribution in [2.75, 3.05) is 18.0 Å². The van der Waals surface area contributed by atoms with Crippen molar-refractivity contribution in [2.45, 2.75) is 39.1 Å². The molecule has 1 amide bonds. The molecule has 4 rings (SSSR count). The number of aromatic nitrogens is 2. The SMILES string of the molecule is CC1CN(c2ccc(CNC(=O)Cn3c(=O)cnc4ccccc43)cc2F)CC(C)O1. The third-order valence-electron chi connectivity index (χ3n) is 5.32. The lowest BCUT2D eigenvalue weighted by molar-refractivity contribution is -0.121. The number of fused-ring (bicyclic) bond motifs is 1. The van der Waals surface area contributed by atoms with E-state index in [4.69, 9.17) is 4.74 Å². The second-order valence-corrected chi connectivity index (χ2v) is 7.90. The molecular weight excluding hydrogens is 399 g/mol. The Bertz CT molecular complexity index is 1150. The number of carbonyl (C=O) groups is 1. The highest BCUT2D eigenvalue weighted by atomic mass is 19.1. The van der Waals surface area contributed by atoms with Crippen molar-refractivity contribution < 1.29 is 13.9 Å². The number of nitrogens with one attached hydrogen (secondary N) is 1. The molecule has 1 aliphatic heterocycles. The van der Waals surface area contributed by atoms with Crippen LogP contribution in [0.2, 0.25) is 0 Å². The molecule has 8 heteroatoms. The molecule has 1 aliphatic rings. The van der Waals surface area contributed by atoms with Gasteiger partial charge in [-0.15, -0.1) is 0 Å². The number of amides is 1. The van der Waals surface area contributed by atoms with Gasteiger partial charge in [-0.25, -0.2) is 9.37 Å². The van der Waals surface area contributed by atoms with Crippen LogP contribution in [-0.4, -0.2) is 40.8 Å². The van der Waals surface area contributed by atoms with E-state index in [1.165, 1.54) is 16.8 Å². The van der Waals surface area contributed by atoms with E-state index >= 15 is 0 Å². The van der Waals surface area contributed by atoms with Crippen LogP contribution in [0.15, 0.2) is 53.5 Å². The lowest BCUT2D eigenvalue weighted by atomic mass is 10.1. The van der Waals surface area contributed by atoms with Gasteiger partial charge in [0.05, 0.1) is 35.1 Å². The fourth-order valence-electron chi connectivity index (χ4n) is 3.97. The van der Waals surface area contributed by atoms with E-state index < -0.39 is 0 Å². The molecule has 3 aromatic rings. The lowest BCUT2D eigenvalue weighted by Crippen LogP contribution is -2.45. The smallest absolute Gasteiger partial charge is 0.269 e. The zero-order chi connectivity index (χ0) is 22.0. The number of carbonyl (C=O) groups excluding carboxylic acids is 1. The van der Waals surface area contributed by atoms with Gasteiger partial charge < -0.3 is 15.0 Å². The first-order valence-electron chi connectivity index (χ1n) is 10.3. The second kappa shape index (κ2) is 8.85. The van der Waals surface area contributed by atoms with Gasteiger partial charge in [-0.1, -0.05) is 18.2 Å². The molecule has 0 bridgehead atoms. The summed E-state index contributed by atoms with van der Waals surface area (Å²) in [6.45, 7) is 5.25. The third-order valence-corrected chi connectivity index (χ3v) is 5.32. The molecule has 0 saturated carbocycles. The Morgan fingerprint density at radius 2 is 1.94 bits per heavy atom. The molecule has 0 spiro atoms. The maximum Gasteiger partial charge on any atom is 0.269 e. The molecule has 1 N–H and O–H groups in total. The minimum atomic E-state index is -0.349. The zero-order valence-electron chi connectivity index (χ0n) is 17.5. The molecule has 0 aliphatic carbocycles. The van der Waals surface area contributed by atoms with Crippen LogP contribution in [0.1, 0.15) is 19.4 Å². The Hall–Kier alpha value is -3.26. The monoisotopic (exact) mass is 424 g/mol. The average molecular weight is 424 g/mol. The van der Waals surface area contributed by atoms with Crippen LogP contribution in [0.5, 0.6) is 0 Å². The number of halogens is 1. The van der Waals surface area contributed by atoms with Crippen LogP contribution in [0.25, 0.3) is 11.0 Å². The van der Waals surface area contributed by atoms with Gasteiger partial charge in [0.15, 0.2) is 0 Å². The van der Waals surface area contributed by atoms with Gasteiger partial charge in [0.1, 0.15) is 12.4 Å². The summed E-state index contributed by atoms with van der Waals surface area (Å²) in [7, 11) is 0. The molecule has 1 fully saturated rings. The Morgan fingerprint density at radius 1 is 1.19 bits per heavy atom. The van der Waals surface area contributed by atoms with Crippen molar-refractivity contribution in [3.63, 3.8) is 0 Å². The fourth-order valence-corrected chi connectivity index (χ4v) is 3.97. The number of nitrogens with zero attached hydrogens (tertiary/aromatic N) is 3. The van der Waals surface area contributed by atoms with E-state index in [0.29, 0.717) is 35.4 Å². The number of anilines is 1. The minimum absolute atomic E-state index is 0.0368. The summed E-state index contributed by atoms with van der Waals surface area (Å²) in [6.07, 6.45) is 1.28. The normalized spacial score (nSPS) is 18.9. The Kier molecular flexibility index (Phi) is 5.99. The van der Waals surface area contributed by atoms with Crippen molar-refractivity contribution in [3.05, 3.63) is 70.4 Å². The third kappa shape index (κ3) is 4.74. The Morgan fingerprint density at radius 3 is 2.68 bits per heavy atom. The van der Waals surface area contributed by atoms with Gasteiger partial charge >= 0.3 is 0 Å². The molecule has 2 unspecified atom stereocenters. The number of rotatable bonds is 5. The highest BCUT2D eigenvalue weighted by Crippen LogP contribution is 2.24. The summed E-state index contributed by atoms with van der Waals surface area (Å²) < 4.78 is 21.8. The van der Waals surface area contributed by atoms with E-state index in [1.807, 2.05) is 24.8 Å². The summed E-state index contributed by atoms with van der Waals surface area (Å²) in [5.74, 6) is -0.664. The Balaban J connectivity index is 1.42. The number of morpholine rings is 1. The molecule has 1 saturated heterocycles. The first-order chi connectivity index (χ1) is 14.9. The van der Waals surface area contributed by atoms with Gasteiger partial charge in [0.2, 0.25) is 5.91 Å². The predicted octanol–water partition coefficient (Wildman–Crippen LogP) is 2.47. The van der Waals surface area contributed by atoms with Crippen LogP contribution < -0.4 is 15.8 Å². The van der Waals surface area contributed by atoms with Crippen molar-refractivity contribution in [2.24, 2.45) is 0 Å². The average Bonchev–Trinajstić information content (AvgIpc) is 2.73. The van der Waals surface area contributed by atoms with Crippen LogP contribution >= 0.6 is 0 Å². The van der Waals surface area contributed by atoms with Crippen molar-refractivity contribution in [3.8, 4) is 0 Å². The van der Waals surface area contributed by atoms with Gasteiger partial charge in [-0.2, -0.15) is 0 Å². The topological polar surface area (TPSA) is 76.5 Å². The number of ether oxygens (including phenoxy) is 1. The molecule has 1 aromatic heterocycles. The molecule has 2 aromatic carbocycles. The first kappa shape index (κ1) is 21.0. The number of hydrogen-bond donors (Lipinski definition) is 1. The molecule has 0 radical (unpaired) electrons. The van der Waals surface area contributed by atoms with E-state index in [-0.39, 0.29) is 42.6 Å². The lowest BCUT2D eigenvalue weighted by Gasteiger charge is -2.37. The van der Waals surface area contributed by atoms with Gasteiger partial charge in [-0.3, -0.25) is 14.2 Å². The summed E-state index contributed by atoms with van der Waals surface area (Å²) in [5.41, 5.74) is 2.06. The largest absolute Gasteiger partial charge is 0.372 e. The molecular formula is C23H25FN4O3. The first-order valence-corrected chi connectivity index (χ1v) is 10.3. The summed E-state index contributed by atoms with van der Waals surface area (Å²) in [6, 6.07) is 12.1. The molecule has 2 heterocycles. The molecule has 31 heavy (non-hydrogen) atoms. The fraction of sp³-hybridized carbons (Fsp3) is 0.348. The van der Waals surface area contributed by atoms with Crippen LogP contribution in [0, 0.1) is 5.82 Å². The highest BCUT2D eigenvalue weighted by molar-refractivity contribution is 5.79. The molecule has 7 nitrogen and oxygen atoms in total. The van der Waals surface area contributed by atoms with Crippen LogP contribution in [0.3, 0.4) is 0 Å². The minimum Gasteiger partial charge on any atom is -0.372 e. The number of benzene rings is 2. The summed E-state index contributed by atoms with van der Waals surface area (Å²) >= 11 is 0. The van der Waals surface area contributed by atoms with E-state index in [2.05, 4.69) is 10.3 Å².